The summed E-state index contributed by atoms with van der Waals surface area (Å²) in [7, 11) is 0. The number of thioether (sulfide) groups is 2. The molecule has 0 bridgehead atoms. The van der Waals surface area contributed by atoms with Gasteiger partial charge in [-0.3, -0.25) is 0 Å². The Morgan fingerprint density at radius 1 is 0.655 bits per heavy atom. The molecule has 0 amide bonds. The number of nitrogens with zero attached hydrogens (tertiary/aromatic N) is 4. The van der Waals surface area contributed by atoms with E-state index in [1.807, 2.05) is 12.5 Å². The molecule has 0 N–H and O–H groups in total. The Morgan fingerprint density at radius 3 is 1.34 bits per heavy atom. The predicted octanol–water partition coefficient (Wildman–Crippen LogP) is 3.06. The van der Waals surface area contributed by atoms with Gasteiger partial charge in [-0.15, -0.1) is 20.4 Å². The molecule has 0 spiro atoms. The van der Waals surface area contributed by atoms with E-state index in [2.05, 4.69) is 20.4 Å². The van der Waals surface area contributed by atoms with Gasteiger partial charge in [0, 0.05) is 11.1 Å². The fourth-order valence-corrected chi connectivity index (χ4v) is 2.66. The smallest absolute Gasteiger partial charge is 0.872 e. The molecule has 0 atom stereocenters. The van der Waals surface area contributed by atoms with Crippen LogP contribution in [0.15, 0.2) is 67.8 Å². The fraction of sp³-hybridized carbons (Fsp3) is 0.111. The van der Waals surface area contributed by atoms with Crippen molar-refractivity contribution in [1.29, 1.82) is 0 Å². The molecule has 4 aromatic rings. The summed E-state index contributed by atoms with van der Waals surface area (Å²) < 4.78 is 10.5. The molecule has 29 heavy (non-hydrogen) atoms. The minimum atomic E-state index is -0.108. The van der Waals surface area contributed by atoms with E-state index in [9.17, 15) is 10.2 Å². The van der Waals surface area contributed by atoms with Crippen LogP contribution in [0.1, 0.15) is 0 Å². The maximum atomic E-state index is 11.4. The summed E-state index contributed by atoms with van der Waals surface area (Å²) in [5.74, 6) is 0.340. The van der Waals surface area contributed by atoms with Crippen molar-refractivity contribution in [2.45, 2.75) is 10.4 Å². The molecule has 0 aliphatic rings. The van der Waals surface area contributed by atoms with Crippen molar-refractivity contribution in [3.8, 4) is 34.4 Å². The predicted molar refractivity (Wildman–Crippen MR) is 102 cm³/mol. The van der Waals surface area contributed by atoms with E-state index >= 15 is 0 Å². The maximum absolute atomic E-state index is 11.4. The average molecular weight is 478 g/mol. The Bertz CT molecular complexity index is 974. The molecule has 0 saturated heterocycles. The summed E-state index contributed by atoms with van der Waals surface area (Å²) >= 11 is 2.70. The van der Waals surface area contributed by atoms with Gasteiger partial charge in [-0.2, -0.15) is 0 Å². The van der Waals surface area contributed by atoms with Crippen LogP contribution in [0.4, 0.5) is 0 Å². The Morgan fingerprint density at radius 2 is 1.03 bits per heavy atom. The minimum Gasteiger partial charge on any atom is -0.872 e. The van der Waals surface area contributed by atoms with Crippen molar-refractivity contribution in [2.75, 3.05) is 12.5 Å². The summed E-state index contributed by atoms with van der Waals surface area (Å²) in [5, 5.41) is 38.8. The quantitative estimate of drug-likeness (QED) is 0.319. The average Bonchev–Trinajstić information content (AvgIpc) is 3.39. The Kier molecular flexibility index (Phi) is 8.59. The first-order valence-corrected chi connectivity index (χ1v) is 10.3. The molecule has 153 valence electrons. The summed E-state index contributed by atoms with van der Waals surface area (Å²) in [6.45, 7) is 0. The summed E-state index contributed by atoms with van der Waals surface area (Å²) in [6.07, 6.45) is 3.67. The molecule has 11 heteroatoms. The zero-order chi connectivity index (χ0) is 19.9. The first-order valence-electron chi connectivity index (χ1n) is 7.90. The van der Waals surface area contributed by atoms with Gasteiger partial charge < -0.3 is 19.0 Å². The van der Waals surface area contributed by atoms with Crippen LogP contribution in [0.3, 0.4) is 0 Å². The van der Waals surface area contributed by atoms with Crippen molar-refractivity contribution >= 4 is 23.5 Å². The van der Waals surface area contributed by atoms with E-state index in [0.717, 1.165) is 0 Å². The van der Waals surface area contributed by atoms with Gasteiger partial charge in [0.25, 0.3) is 10.4 Å². The van der Waals surface area contributed by atoms with Gasteiger partial charge in [0.05, 0.1) is 0 Å². The largest absolute Gasteiger partial charge is 2.00 e. The normalized spacial score (nSPS) is 10.0. The van der Waals surface area contributed by atoms with Gasteiger partial charge in [-0.05, 0) is 12.5 Å². The van der Waals surface area contributed by atoms with E-state index in [1.54, 1.807) is 36.4 Å². The van der Waals surface area contributed by atoms with Gasteiger partial charge in [0.15, 0.2) is 0 Å². The van der Waals surface area contributed by atoms with Crippen LogP contribution in [-0.2, 0) is 17.1 Å². The van der Waals surface area contributed by atoms with Gasteiger partial charge in [-0.25, -0.2) is 0 Å². The maximum Gasteiger partial charge on any atom is 2.00 e. The first kappa shape index (κ1) is 22.8. The fourth-order valence-electron chi connectivity index (χ4n) is 2.09. The van der Waals surface area contributed by atoms with Crippen LogP contribution >= 0.6 is 23.5 Å². The topological polar surface area (TPSA) is 124 Å². The molecule has 0 aliphatic heterocycles. The van der Waals surface area contributed by atoms with Crippen molar-refractivity contribution in [3.05, 3.63) is 48.5 Å². The molecule has 0 saturated carbocycles. The van der Waals surface area contributed by atoms with Crippen molar-refractivity contribution in [3.63, 3.8) is 0 Å². The minimum absolute atomic E-state index is 0. The number of para-hydroxylation sites is 2. The van der Waals surface area contributed by atoms with Crippen LogP contribution in [0.5, 0.6) is 11.5 Å². The Labute approximate surface area is 185 Å². The molecule has 0 aliphatic carbocycles. The number of rotatable bonds is 4. The Hall–Kier alpha value is -2.46. The van der Waals surface area contributed by atoms with Gasteiger partial charge in [-0.1, -0.05) is 83.6 Å². The van der Waals surface area contributed by atoms with Crippen molar-refractivity contribution < 1.29 is 36.1 Å². The van der Waals surface area contributed by atoms with Crippen LogP contribution in [0.25, 0.3) is 22.9 Å². The third-order valence-corrected chi connectivity index (χ3v) is 4.43. The second-order valence-electron chi connectivity index (χ2n) is 5.15. The molecule has 0 fully saturated rings. The molecular formula is C18H14CuN4O4S2. The monoisotopic (exact) mass is 477 g/mol. The van der Waals surface area contributed by atoms with Crippen molar-refractivity contribution in [1.82, 2.24) is 20.4 Å². The number of hydrogen-bond acceptors (Lipinski definition) is 10. The number of hydrogen-bond donors (Lipinski definition) is 0. The first-order chi connectivity index (χ1) is 13.6. The third-order valence-electron chi connectivity index (χ3n) is 3.40. The van der Waals surface area contributed by atoms with Crippen LogP contribution < -0.4 is 10.2 Å². The number of benzene rings is 2. The standard InChI is InChI=1S/2C9H8N2O2S.Cu/c2*1-14-9-11-10-8(13-9)6-4-2-3-5-7(6)12;/h2*2-5,12H,1H3;/q;;+2/p-2. The van der Waals surface area contributed by atoms with Crippen LogP contribution in [-0.4, -0.2) is 32.9 Å². The van der Waals surface area contributed by atoms with E-state index in [0.29, 0.717) is 21.6 Å². The van der Waals surface area contributed by atoms with E-state index < -0.39 is 0 Å². The number of aromatic nitrogens is 4. The van der Waals surface area contributed by atoms with Gasteiger partial charge >= 0.3 is 17.1 Å². The zero-order valence-corrected chi connectivity index (χ0v) is 17.7. The summed E-state index contributed by atoms with van der Waals surface area (Å²) in [5.41, 5.74) is 0.889. The molecule has 2 aromatic carbocycles. The summed E-state index contributed by atoms with van der Waals surface area (Å²) in [6, 6.07) is 13.2. The van der Waals surface area contributed by atoms with E-state index in [1.165, 1.54) is 35.7 Å². The SMILES string of the molecule is CSc1nnc(-c2ccccc2[O-])o1.CSc1nnc(-c2ccccc2[O-])o1.[Cu+2]. The third kappa shape index (κ3) is 5.77. The van der Waals surface area contributed by atoms with Crippen LogP contribution in [0.2, 0.25) is 0 Å². The molecule has 4 rings (SSSR count). The second kappa shape index (κ2) is 10.9. The van der Waals surface area contributed by atoms with Gasteiger partial charge in [0.1, 0.15) is 0 Å². The molecule has 8 nitrogen and oxygen atoms in total. The Balaban J connectivity index is 0.000000200. The molecule has 0 unspecified atom stereocenters. The van der Waals surface area contributed by atoms with E-state index in [-0.39, 0.29) is 40.3 Å². The van der Waals surface area contributed by atoms with Gasteiger partial charge in [0.2, 0.25) is 11.8 Å². The molecule has 1 radical (unpaired) electrons. The zero-order valence-electron chi connectivity index (χ0n) is 15.2. The summed E-state index contributed by atoms with van der Waals surface area (Å²) in [4.78, 5) is 0. The van der Waals surface area contributed by atoms with E-state index in [4.69, 9.17) is 8.83 Å². The molecule has 2 heterocycles. The molecule has 2 aromatic heterocycles. The second-order valence-corrected chi connectivity index (χ2v) is 6.66. The van der Waals surface area contributed by atoms with Crippen LogP contribution in [0, 0.1) is 0 Å². The molecular weight excluding hydrogens is 464 g/mol. The van der Waals surface area contributed by atoms with Crippen molar-refractivity contribution in [2.24, 2.45) is 0 Å².